The van der Waals surface area contributed by atoms with E-state index in [9.17, 15) is 0 Å². The van der Waals surface area contributed by atoms with E-state index >= 15 is 0 Å². The quantitative estimate of drug-likeness (QED) is 0.327. The van der Waals surface area contributed by atoms with E-state index in [-0.39, 0.29) is 0 Å². The lowest BCUT2D eigenvalue weighted by Gasteiger charge is -1.88. The molecule has 1 aromatic rings. The third kappa shape index (κ3) is 0.735. The Kier molecular flexibility index (Phi) is 1.08. The van der Waals surface area contributed by atoms with Crippen LogP contribution in [0.1, 0.15) is 5.69 Å². The van der Waals surface area contributed by atoms with Gasteiger partial charge in [-0.3, -0.25) is 0 Å². The molecule has 0 saturated heterocycles. The van der Waals surface area contributed by atoms with Gasteiger partial charge in [0.25, 0.3) is 0 Å². The standard InChI is InChI=1S/C6H10N2/c1-6-4-7(2)5-8(6)3/h4H,1-3H3. The molecular formula is C6H10N2. The van der Waals surface area contributed by atoms with E-state index in [1.54, 1.807) is 0 Å². The van der Waals surface area contributed by atoms with Crippen LogP contribution in [0, 0.1) is 13.3 Å². The van der Waals surface area contributed by atoms with Gasteiger partial charge in [0.2, 0.25) is 6.33 Å². The fraction of sp³-hybridized carbons (Fsp3) is 0.500. The first-order chi connectivity index (χ1) is 3.70. The van der Waals surface area contributed by atoms with Crippen molar-refractivity contribution >= 4 is 0 Å². The van der Waals surface area contributed by atoms with Crippen molar-refractivity contribution in [3.8, 4) is 0 Å². The van der Waals surface area contributed by atoms with Gasteiger partial charge in [-0.1, -0.05) is 6.92 Å². The van der Waals surface area contributed by atoms with Gasteiger partial charge in [0.1, 0.15) is 0 Å². The fourth-order valence-electron chi connectivity index (χ4n) is 0.711. The molecule has 0 radical (unpaired) electrons. The molecule has 0 aliphatic heterocycles. The predicted octanol–water partition coefficient (Wildman–Crippen LogP) is -0.0418. The summed E-state index contributed by atoms with van der Waals surface area (Å²) in [5, 5.41) is 0. The van der Waals surface area contributed by atoms with Gasteiger partial charge in [-0.25, -0.2) is 0 Å². The van der Waals surface area contributed by atoms with Gasteiger partial charge >= 0.3 is 0 Å². The average molecular weight is 110 g/mol. The predicted molar refractivity (Wildman–Crippen MR) is 30.2 cm³/mol. The second kappa shape index (κ2) is 1.62. The van der Waals surface area contributed by atoms with Crippen molar-refractivity contribution in [2.45, 2.75) is 6.92 Å². The average Bonchev–Trinajstić information content (AvgIpc) is 1.85. The Bertz CT molecular complexity index is 169. The van der Waals surface area contributed by atoms with Gasteiger partial charge in [0.15, 0.2) is 0 Å². The number of hydrogen-bond donors (Lipinski definition) is 0. The Morgan fingerprint density at radius 2 is 2.38 bits per heavy atom. The van der Waals surface area contributed by atoms with Crippen LogP contribution in [0.5, 0.6) is 0 Å². The third-order valence-corrected chi connectivity index (χ3v) is 1.22. The topological polar surface area (TPSA) is 8.81 Å². The number of hydrogen-bond acceptors (Lipinski definition) is 0. The van der Waals surface area contributed by atoms with Crippen LogP contribution < -0.4 is 4.57 Å². The monoisotopic (exact) mass is 110 g/mol. The molecule has 0 unspecified atom stereocenters. The molecule has 1 heterocycles. The molecule has 0 aromatic carbocycles. The zero-order valence-corrected chi connectivity index (χ0v) is 5.47. The molecule has 0 fully saturated rings. The SMILES string of the molecule is Cc1cn(C)[c-][n+]1C. The molecule has 1 aromatic heterocycles. The second-order valence-electron chi connectivity index (χ2n) is 2.04. The summed E-state index contributed by atoms with van der Waals surface area (Å²) in [4.78, 5) is 0. The van der Waals surface area contributed by atoms with E-state index in [4.69, 9.17) is 0 Å². The lowest BCUT2D eigenvalue weighted by atomic mass is 10.5. The number of rotatable bonds is 0. The van der Waals surface area contributed by atoms with Crippen LogP contribution in [0.2, 0.25) is 0 Å². The minimum Gasteiger partial charge on any atom is -0.353 e. The minimum atomic E-state index is 1.23. The summed E-state index contributed by atoms with van der Waals surface area (Å²) in [6, 6.07) is 0. The Hall–Kier alpha value is -0.790. The summed E-state index contributed by atoms with van der Waals surface area (Å²) in [6.07, 6.45) is 5.07. The van der Waals surface area contributed by atoms with E-state index in [2.05, 4.69) is 13.3 Å². The van der Waals surface area contributed by atoms with Crippen molar-refractivity contribution in [1.29, 1.82) is 0 Å². The highest BCUT2D eigenvalue weighted by atomic mass is 15.1. The van der Waals surface area contributed by atoms with Crippen molar-refractivity contribution in [3.63, 3.8) is 0 Å². The largest absolute Gasteiger partial charge is 0.353 e. The summed E-state index contributed by atoms with van der Waals surface area (Å²) in [5.74, 6) is 0. The summed E-state index contributed by atoms with van der Waals surface area (Å²) in [7, 11) is 3.95. The molecule has 0 atom stereocenters. The van der Waals surface area contributed by atoms with Crippen LogP contribution in [-0.2, 0) is 14.1 Å². The molecule has 0 saturated carbocycles. The van der Waals surface area contributed by atoms with Crippen molar-refractivity contribution in [2.24, 2.45) is 14.1 Å². The maximum atomic E-state index is 3.04. The Morgan fingerprint density at radius 3 is 2.50 bits per heavy atom. The van der Waals surface area contributed by atoms with Crippen LogP contribution >= 0.6 is 0 Å². The van der Waals surface area contributed by atoms with Crippen molar-refractivity contribution in [3.05, 3.63) is 18.2 Å². The molecular weight excluding hydrogens is 100 g/mol. The number of aromatic nitrogens is 2. The molecule has 0 spiro atoms. The van der Waals surface area contributed by atoms with Gasteiger partial charge in [0, 0.05) is 0 Å². The maximum absolute atomic E-state index is 3.04. The van der Waals surface area contributed by atoms with Crippen LogP contribution in [0.25, 0.3) is 0 Å². The Morgan fingerprint density at radius 1 is 1.75 bits per heavy atom. The maximum Gasteiger partial charge on any atom is 0.203 e. The van der Waals surface area contributed by atoms with Crippen molar-refractivity contribution in [2.75, 3.05) is 0 Å². The molecule has 1 rings (SSSR count). The van der Waals surface area contributed by atoms with Gasteiger partial charge < -0.3 is 9.13 Å². The third-order valence-electron chi connectivity index (χ3n) is 1.22. The zero-order valence-electron chi connectivity index (χ0n) is 5.47. The Balaban J connectivity index is 3.14. The summed E-state index contributed by atoms with van der Waals surface area (Å²) < 4.78 is 3.87. The van der Waals surface area contributed by atoms with E-state index < -0.39 is 0 Å². The molecule has 44 valence electrons. The summed E-state index contributed by atoms with van der Waals surface area (Å²) >= 11 is 0. The number of aryl methyl sites for hydroxylation is 3. The number of nitrogens with zero attached hydrogens (tertiary/aromatic N) is 2. The molecule has 0 bridgehead atoms. The van der Waals surface area contributed by atoms with Crippen molar-refractivity contribution < 1.29 is 4.57 Å². The summed E-state index contributed by atoms with van der Waals surface area (Å²) in [5.41, 5.74) is 1.23. The zero-order chi connectivity index (χ0) is 6.15. The van der Waals surface area contributed by atoms with E-state index in [1.807, 2.05) is 29.4 Å². The highest BCUT2D eigenvalue weighted by molar-refractivity contribution is 4.81. The van der Waals surface area contributed by atoms with Gasteiger partial charge in [-0.05, 0) is 11.9 Å². The first kappa shape index (κ1) is 5.35. The first-order valence-corrected chi connectivity index (χ1v) is 2.61. The molecule has 0 N–H and O–H groups in total. The van der Waals surface area contributed by atoms with E-state index in [1.165, 1.54) is 5.69 Å². The van der Waals surface area contributed by atoms with Gasteiger partial charge in [-0.2, -0.15) is 0 Å². The molecule has 0 amide bonds. The van der Waals surface area contributed by atoms with Crippen LogP contribution in [0.3, 0.4) is 0 Å². The molecule has 2 heteroatoms. The summed E-state index contributed by atoms with van der Waals surface area (Å²) in [6.45, 7) is 2.05. The van der Waals surface area contributed by atoms with Gasteiger partial charge in [-0.15, -0.1) is 0 Å². The van der Waals surface area contributed by atoms with E-state index in [0.29, 0.717) is 0 Å². The normalized spacial score (nSPS) is 9.88. The minimum absolute atomic E-state index is 1.23. The molecule has 8 heavy (non-hydrogen) atoms. The second-order valence-corrected chi connectivity index (χ2v) is 2.04. The number of imidazole rings is 1. The first-order valence-electron chi connectivity index (χ1n) is 2.61. The van der Waals surface area contributed by atoms with Crippen LogP contribution in [-0.4, -0.2) is 4.57 Å². The smallest absolute Gasteiger partial charge is 0.203 e. The van der Waals surface area contributed by atoms with Gasteiger partial charge in [0.05, 0.1) is 14.1 Å². The van der Waals surface area contributed by atoms with Crippen LogP contribution in [0.15, 0.2) is 6.20 Å². The fourth-order valence-corrected chi connectivity index (χ4v) is 0.711. The van der Waals surface area contributed by atoms with Crippen LogP contribution in [0.4, 0.5) is 0 Å². The lowest BCUT2D eigenvalue weighted by molar-refractivity contribution is -0.681. The Labute approximate surface area is 49.4 Å². The molecule has 0 aliphatic rings. The highest BCUT2D eigenvalue weighted by Crippen LogP contribution is 1.83. The molecule has 2 nitrogen and oxygen atoms in total. The molecule has 0 aliphatic carbocycles. The highest BCUT2D eigenvalue weighted by Gasteiger charge is 1.87. The van der Waals surface area contributed by atoms with E-state index in [0.717, 1.165) is 0 Å². The van der Waals surface area contributed by atoms with Crippen molar-refractivity contribution in [1.82, 2.24) is 4.57 Å². The lowest BCUT2D eigenvalue weighted by Crippen LogP contribution is -2.28.